The van der Waals surface area contributed by atoms with Crippen LogP contribution in [0.3, 0.4) is 0 Å². The predicted octanol–water partition coefficient (Wildman–Crippen LogP) is 1.22. The number of aromatic nitrogens is 3. The molecular formula is C23H32N7O4S+. The summed E-state index contributed by atoms with van der Waals surface area (Å²) in [5.74, 6) is 0.202. The third kappa shape index (κ3) is 7.72. The van der Waals surface area contributed by atoms with Crippen LogP contribution < -0.4 is 16.4 Å². The Hall–Kier alpha value is -3.06. The fourth-order valence-corrected chi connectivity index (χ4v) is 4.33. The zero-order chi connectivity index (χ0) is 25.0. The molecule has 11 nitrogen and oxygen atoms in total. The van der Waals surface area contributed by atoms with E-state index in [9.17, 15) is 14.7 Å². The van der Waals surface area contributed by atoms with Crippen LogP contribution in [0.1, 0.15) is 52.0 Å². The third-order valence-corrected chi connectivity index (χ3v) is 6.50. The van der Waals surface area contributed by atoms with Crippen LogP contribution in [-0.4, -0.2) is 75.8 Å². The van der Waals surface area contributed by atoms with Gasteiger partial charge in [0.2, 0.25) is 0 Å². The SMILES string of the molecule is N=C/C(=C\[NH2+]CCCSCCN)c1cccc(C(=O)Nc2cn(C3CCOCC3)nc2C(=O)O)n1. The molecule has 2 aromatic rings. The van der Waals surface area contributed by atoms with E-state index < -0.39 is 11.9 Å². The second kappa shape index (κ2) is 13.7. The van der Waals surface area contributed by atoms with E-state index in [0.717, 1.165) is 37.3 Å². The minimum Gasteiger partial charge on any atom is -0.476 e. The van der Waals surface area contributed by atoms with Crippen molar-refractivity contribution in [3.63, 3.8) is 0 Å². The number of carboxylic acid groups (broad SMARTS) is 1. The summed E-state index contributed by atoms with van der Waals surface area (Å²) >= 11 is 1.82. The number of carboxylic acids is 1. The van der Waals surface area contributed by atoms with Gasteiger partial charge in [-0.15, -0.1) is 0 Å². The number of nitrogens with two attached hydrogens (primary N) is 2. The van der Waals surface area contributed by atoms with Crippen molar-refractivity contribution in [2.75, 3.05) is 43.1 Å². The molecule has 3 rings (SSSR count). The van der Waals surface area contributed by atoms with Gasteiger partial charge in [-0.1, -0.05) is 6.07 Å². The lowest BCUT2D eigenvalue weighted by Crippen LogP contribution is -2.78. The third-order valence-electron chi connectivity index (χ3n) is 5.40. The van der Waals surface area contributed by atoms with Gasteiger partial charge in [-0.2, -0.15) is 16.9 Å². The number of hydrogen-bond acceptors (Lipinski definition) is 8. The average molecular weight is 503 g/mol. The molecule has 0 spiro atoms. The number of nitrogens with one attached hydrogen (secondary N) is 2. The summed E-state index contributed by atoms with van der Waals surface area (Å²) in [5, 5.41) is 26.1. The molecular weight excluding hydrogens is 470 g/mol. The first kappa shape index (κ1) is 26.5. The maximum absolute atomic E-state index is 12.9. The Morgan fingerprint density at radius 3 is 2.80 bits per heavy atom. The lowest BCUT2D eigenvalue weighted by atomic mass is 10.1. The van der Waals surface area contributed by atoms with Crippen LogP contribution in [0.15, 0.2) is 30.6 Å². The summed E-state index contributed by atoms with van der Waals surface area (Å²) in [6, 6.07) is 4.97. The Labute approximate surface area is 208 Å². The number of aromatic carboxylic acids is 1. The molecule has 1 aliphatic heterocycles. The monoisotopic (exact) mass is 502 g/mol. The molecule has 35 heavy (non-hydrogen) atoms. The lowest BCUT2D eigenvalue weighted by molar-refractivity contribution is -0.586. The van der Waals surface area contributed by atoms with Crippen molar-refractivity contribution < 1.29 is 24.7 Å². The average Bonchev–Trinajstić information content (AvgIpc) is 3.30. The molecule has 0 bridgehead atoms. The first-order valence-electron chi connectivity index (χ1n) is 11.5. The number of ether oxygens (including phenoxy) is 1. The van der Waals surface area contributed by atoms with Crippen molar-refractivity contribution in [3.05, 3.63) is 47.7 Å². The highest BCUT2D eigenvalue weighted by atomic mass is 32.2. The van der Waals surface area contributed by atoms with E-state index >= 15 is 0 Å². The van der Waals surface area contributed by atoms with E-state index in [4.69, 9.17) is 15.9 Å². The topological polar surface area (TPSA) is 173 Å². The van der Waals surface area contributed by atoms with Crippen LogP contribution in [0.25, 0.3) is 5.57 Å². The first-order valence-corrected chi connectivity index (χ1v) is 12.7. The molecule has 0 aliphatic carbocycles. The van der Waals surface area contributed by atoms with Gasteiger partial charge in [0, 0.05) is 44.3 Å². The summed E-state index contributed by atoms with van der Waals surface area (Å²) in [6.45, 7) is 2.71. The number of carbonyl (C=O) groups excluding carboxylic acids is 1. The van der Waals surface area contributed by atoms with Crippen molar-refractivity contribution >= 4 is 41.1 Å². The number of hydrogen-bond donors (Lipinski definition) is 5. The molecule has 188 valence electrons. The largest absolute Gasteiger partial charge is 0.476 e. The Kier molecular flexibility index (Phi) is 10.4. The van der Waals surface area contributed by atoms with E-state index in [1.54, 1.807) is 29.1 Å². The van der Waals surface area contributed by atoms with Crippen molar-refractivity contribution in [2.24, 2.45) is 5.73 Å². The van der Waals surface area contributed by atoms with Gasteiger partial charge in [0.05, 0.1) is 29.5 Å². The van der Waals surface area contributed by atoms with Gasteiger partial charge in [0.1, 0.15) is 11.9 Å². The number of pyridine rings is 1. The van der Waals surface area contributed by atoms with E-state index in [0.29, 0.717) is 31.0 Å². The molecule has 1 amide bonds. The van der Waals surface area contributed by atoms with Crippen LogP contribution in [0.2, 0.25) is 0 Å². The van der Waals surface area contributed by atoms with Gasteiger partial charge in [0.25, 0.3) is 5.91 Å². The van der Waals surface area contributed by atoms with Gasteiger partial charge < -0.3 is 31.6 Å². The van der Waals surface area contributed by atoms with E-state index in [-0.39, 0.29) is 23.1 Å². The minimum absolute atomic E-state index is 0.0183. The number of rotatable bonds is 13. The van der Waals surface area contributed by atoms with Gasteiger partial charge in [-0.25, -0.2) is 9.78 Å². The maximum Gasteiger partial charge on any atom is 0.358 e. The number of quaternary nitrogens is 1. The second-order valence-corrected chi connectivity index (χ2v) is 9.15. The zero-order valence-electron chi connectivity index (χ0n) is 19.5. The lowest BCUT2D eigenvalue weighted by Gasteiger charge is -2.22. The smallest absolute Gasteiger partial charge is 0.358 e. The Balaban J connectivity index is 1.68. The summed E-state index contributed by atoms with van der Waals surface area (Å²) < 4.78 is 6.94. The summed E-state index contributed by atoms with van der Waals surface area (Å²) in [7, 11) is 0. The molecule has 12 heteroatoms. The molecule has 0 saturated carbocycles. The number of anilines is 1. The molecule has 1 aliphatic rings. The van der Waals surface area contributed by atoms with Gasteiger partial charge in [0.15, 0.2) is 5.69 Å². The Morgan fingerprint density at radius 1 is 1.31 bits per heavy atom. The van der Waals surface area contributed by atoms with Gasteiger partial charge >= 0.3 is 5.97 Å². The van der Waals surface area contributed by atoms with Crippen molar-refractivity contribution in [1.82, 2.24) is 14.8 Å². The fraction of sp³-hybridized carbons (Fsp3) is 0.435. The number of amides is 1. The number of thioether (sulfide) groups is 1. The quantitative estimate of drug-likeness (QED) is 0.201. The molecule has 3 heterocycles. The zero-order valence-corrected chi connectivity index (χ0v) is 20.3. The Morgan fingerprint density at radius 2 is 2.09 bits per heavy atom. The summed E-state index contributed by atoms with van der Waals surface area (Å²) in [6.07, 6.45) is 7.02. The van der Waals surface area contributed by atoms with Gasteiger partial charge in [-0.05, 0) is 30.7 Å². The standard InChI is InChI=1S/C23H31N7O4S/c24-7-12-35-11-2-8-26-14-16(13-25)18-3-1-4-19(27-18)22(31)28-20-15-30(29-21(20)23(32)33)17-5-9-34-10-6-17/h1,3-4,13-15,17,25-26H,2,5-12,24H2,(H,28,31)(H,32,33)/p+1/b16-14+,25-13?. The van der Waals surface area contributed by atoms with E-state index in [1.807, 2.05) is 23.3 Å². The maximum atomic E-state index is 12.9. The highest BCUT2D eigenvalue weighted by Gasteiger charge is 2.23. The summed E-state index contributed by atoms with van der Waals surface area (Å²) in [5.41, 5.74) is 6.56. The number of nitrogens with zero attached hydrogens (tertiary/aromatic N) is 3. The Bertz CT molecular complexity index is 1050. The molecule has 2 aromatic heterocycles. The van der Waals surface area contributed by atoms with Crippen LogP contribution in [-0.2, 0) is 4.74 Å². The highest BCUT2D eigenvalue weighted by Crippen LogP contribution is 2.24. The second-order valence-electron chi connectivity index (χ2n) is 7.93. The van der Waals surface area contributed by atoms with Crippen molar-refractivity contribution in [3.8, 4) is 0 Å². The predicted molar refractivity (Wildman–Crippen MR) is 135 cm³/mol. The molecule has 0 unspecified atom stereocenters. The normalized spacial score (nSPS) is 14.6. The molecule has 1 fully saturated rings. The fourth-order valence-electron chi connectivity index (χ4n) is 3.59. The highest BCUT2D eigenvalue weighted by molar-refractivity contribution is 7.99. The van der Waals surface area contributed by atoms with Crippen LogP contribution in [0.4, 0.5) is 5.69 Å². The van der Waals surface area contributed by atoms with Crippen molar-refractivity contribution in [1.29, 1.82) is 5.41 Å². The van der Waals surface area contributed by atoms with Gasteiger partial charge in [-0.3, -0.25) is 9.48 Å². The molecule has 0 radical (unpaired) electrons. The molecule has 1 saturated heterocycles. The van der Waals surface area contributed by atoms with Crippen LogP contribution in [0.5, 0.6) is 0 Å². The van der Waals surface area contributed by atoms with Crippen LogP contribution >= 0.6 is 11.8 Å². The minimum atomic E-state index is -1.22. The molecule has 0 atom stereocenters. The number of allylic oxidation sites excluding steroid dienone is 1. The number of carbonyl (C=O) groups is 2. The van der Waals surface area contributed by atoms with E-state index in [1.165, 1.54) is 6.21 Å². The molecule has 0 aromatic carbocycles. The van der Waals surface area contributed by atoms with E-state index in [2.05, 4.69) is 15.4 Å². The molecule has 7 N–H and O–H groups in total. The summed E-state index contributed by atoms with van der Waals surface area (Å²) in [4.78, 5) is 29.0. The first-order chi connectivity index (χ1) is 17.0. The van der Waals surface area contributed by atoms with Crippen molar-refractivity contribution in [2.45, 2.75) is 25.3 Å². The van der Waals surface area contributed by atoms with Crippen LogP contribution in [0, 0.1) is 5.41 Å².